The summed E-state index contributed by atoms with van der Waals surface area (Å²) in [6.07, 6.45) is 6.39. The third-order valence-corrected chi connectivity index (χ3v) is 10.3. The van der Waals surface area contributed by atoms with Crippen LogP contribution in [-0.2, 0) is 27.7 Å². The van der Waals surface area contributed by atoms with Gasteiger partial charge in [-0.3, -0.25) is 14.8 Å². The fraction of sp³-hybridized carbons (Fsp3) is 0.414. The van der Waals surface area contributed by atoms with Crippen LogP contribution >= 0.6 is 11.6 Å². The van der Waals surface area contributed by atoms with E-state index >= 15 is 4.39 Å². The second-order valence-electron chi connectivity index (χ2n) is 10.8. The van der Waals surface area contributed by atoms with E-state index in [-0.39, 0.29) is 46.8 Å². The summed E-state index contributed by atoms with van der Waals surface area (Å²) in [4.78, 5) is 21.3. The topological polar surface area (TPSA) is 118 Å². The van der Waals surface area contributed by atoms with Crippen LogP contribution in [0.2, 0.25) is 5.02 Å². The molecule has 0 radical (unpaired) electrons. The molecule has 8 nitrogen and oxygen atoms in total. The van der Waals surface area contributed by atoms with Gasteiger partial charge < -0.3 is 11.1 Å². The smallest absolute Gasteiger partial charge is 0.214 e. The lowest BCUT2D eigenvalue weighted by molar-refractivity contribution is -0.119. The monoisotopic (exact) mass is 621 g/mol. The van der Waals surface area contributed by atoms with Crippen molar-refractivity contribution in [1.29, 1.82) is 0 Å². The van der Waals surface area contributed by atoms with Crippen LogP contribution < -0.4 is 11.1 Å². The van der Waals surface area contributed by atoms with Crippen LogP contribution in [0.4, 0.5) is 13.2 Å². The van der Waals surface area contributed by atoms with Crippen molar-refractivity contribution in [1.82, 2.24) is 19.6 Å². The van der Waals surface area contributed by atoms with E-state index in [1.807, 2.05) is 0 Å². The molecule has 2 saturated heterocycles. The van der Waals surface area contributed by atoms with E-state index in [4.69, 9.17) is 17.3 Å². The van der Waals surface area contributed by atoms with E-state index in [1.54, 1.807) is 0 Å². The highest BCUT2D eigenvalue weighted by Gasteiger charge is 2.38. The summed E-state index contributed by atoms with van der Waals surface area (Å²) in [7, 11) is -3.42. The first-order valence-corrected chi connectivity index (χ1v) is 15.7. The highest BCUT2D eigenvalue weighted by molar-refractivity contribution is 7.89. The summed E-state index contributed by atoms with van der Waals surface area (Å²) in [5, 5.41) is 3.27. The van der Waals surface area contributed by atoms with E-state index < -0.39 is 45.2 Å². The van der Waals surface area contributed by atoms with Gasteiger partial charge in [-0.1, -0.05) is 17.7 Å². The van der Waals surface area contributed by atoms with Crippen LogP contribution in [0, 0.1) is 17.5 Å². The lowest BCUT2D eigenvalue weighted by Gasteiger charge is -2.37. The molecule has 5 rings (SSSR count). The molecule has 4 heterocycles. The highest BCUT2D eigenvalue weighted by atomic mass is 35.5. The van der Waals surface area contributed by atoms with Gasteiger partial charge in [0.25, 0.3) is 0 Å². The Bertz CT molecular complexity index is 1580. The van der Waals surface area contributed by atoms with Gasteiger partial charge in [0, 0.05) is 49.9 Å². The second kappa shape index (κ2) is 12.8. The van der Waals surface area contributed by atoms with Gasteiger partial charge in [-0.15, -0.1) is 0 Å². The number of carbonyl (C=O) groups excluding carboxylic acids is 1. The Kier molecular flexibility index (Phi) is 9.28. The molecule has 0 aliphatic carbocycles. The summed E-state index contributed by atoms with van der Waals surface area (Å²) in [5.74, 6) is -3.38. The first kappa shape index (κ1) is 30.6. The van der Waals surface area contributed by atoms with Crippen molar-refractivity contribution < 1.29 is 26.4 Å². The number of hydrogen-bond acceptors (Lipinski definition) is 7. The number of nitrogens with zero attached hydrogens (tertiary/aromatic N) is 3. The minimum absolute atomic E-state index is 0.0858. The van der Waals surface area contributed by atoms with Gasteiger partial charge in [0.05, 0.1) is 29.2 Å². The Morgan fingerprint density at radius 1 is 1.10 bits per heavy atom. The average Bonchev–Trinajstić information content (AvgIpc) is 3.06. The summed E-state index contributed by atoms with van der Waals surface area (Å²) >= 11 is 5.85. The number of Topliss-reactive ketones (excluding diaryl/α,β-unsaturated/α-hetero) is 1. The number of ketones is 1. The molecular weight excluding hydrogens is 591 g/mol. The van der Waals surface area contributed by atoms with Gasteiger partial charge in [0.1, 0.15) is 17.5 Å². The second-order valence-corrected chi connectivity index (χ2v) is 13.3. The first-order chi connectivity index (χ1) is 20.0. The number of sulfonamides is 1. The Hall–Kier alpha value is -2.90. The summed E-state index contributed by atoms with van der Waals surface area (Å²) < 4.78 is 70.8. The molecule has 3 N–H and O–H groups in total. The molecule has 0 spiro atoms. The van der Waals surface area contributed by atoms with E-state index in [2.05, 4.69) is 15.3 Å². The van der Waals surface area contributed by atoms with Crippen LogP contribution in [0.5, 0.6) is 0 Å². The highest BCUT2D eigenvalue weighted by Crippen LogP contribution is 2.31. The van der Waals surface area contributed by atoms with Crippen molar-refractivity contribution in [3.63, 3.8) is 0 Å². The number of nitrogens with one attached hydrogen (secondary N) is 1. The number of nitrogens with two attached hydrogens (primary N) is 1. The largest absolute Gasteiger partial charge is 0.321 e. The maximum absolute atomic E-state index is 15.1. The van der Waals surface area contributed by atoms with E-state index in [9.17, 15) is 22.0 Å². The average molecular weight is 622 g/mol. The number of halogens is 4. The summed E-state index contributed by atoms with van der Waals surface area (Å²) in [6.45, 7) is 0.838. The molecule has 2 aliphatic rings. The summed E-state index contributed by atoms with van der Waals surface area (Å²) in [6, 6.07) is 3.61. The molecule has 42 heavy (non-hydrogen) atoms. The Labute approximate surface area is 247 Å². The standard InChI is InChI=1S/C29H31ClF3N5O3S/c30-24-6-3-17(9-25(24)32)28(19-8-20(31)13-35-12-19)29(34)27(39)10-18-11-36-15-26(33)23(18)5-4-22-14-37-21-2-1-7-42(40,41)38(22)16-21/h3,6,8-9,11-13,15,21-22,28-29,37H,1-2,4-5,7,10,14,16,34H2/t21-,22+,28+,29-/m1/s1. The van der Waals surface area contributed by atoms with Crippen LogP contribution in [0.1, 0.15) is 47.4 Å². The first-order valence-electron chi connectivity index (χ1n) is 13.7. The predicted molar refractivity (Wildman–Crippen MR) is 152 cm³/mol. The zero-order valence-corrected chi connectivity index (χ0v) is 24.2. The number of pyridine rings is 2. The van der Waals surface area contributed by atoms with Crippen LogP contribution in [-0.4, -0.2) is 65.4 Å². The van der Waals surface area contributed by atoms with Gasteiger partial charge in [0.15, 0.2) is 5.78 Å². The van der Waals surface area contributed by atoms with E-state index in [0.29, 0.717) is 37.1 Å². The molecule has 224 valence electrons. The molecule has 1 unspecified atom stereocenters. The lowest BCUT2D eigenvalue weighted by Crippen LogP contribution is -2.57. The lowest BCUT2D eigenvalue weighted by atomic mass is 9.82. The number of aromatic nitrogens is 2. The van der Waals surface area contributed by atoms with Crippen LogP contribution in [0.25, 0.3) is 0 Å². The van der Waals surface area contributed by atoms with Crippen molar-refractivity contribution in [2.45, 2.75) is 56.1 Å². The van der Waals surface area contributed by atoms with E-state index in [1.165, 1.54) is 34.9 Å². The van der Waals surface area contributed by atoms with Gasteiger partial charge >= 0.3 is 0 Å². The molecule has 1 aromatic carbocycles. The summed E-state index contributed by atoms with van der Waals surface area (Å²) in [5.41, 5.74) is 7.56. The van der Waals surface area contributed by atoms with Crippen molar-refractivity contribution in [2.75, 3.05) is 18.8 Å². The van der Waals surface area contributed by atoms with Crippen LogP contribution in [0.3, 0.4) is 0 Å². The van der Waals surface area contributed by atoms with Crippen LogP contribution in [0.15, 0.2) is 49.1 Å². The molecule has 13 heteroatoms. The Morgan fingerprint density at radius 3 is 2.64 bits per heavy atom. The predicted octanol–water partition coefficient (Wildman–Crippen LogP) is 3.52. The van der Waals surface area contributed by atoms with Gasteiger partial charge in [0.2, 0.25) is 10.0 Å². The normalized spacial score (nSPS) is 23.1. The Balaban J connectivity index is 1.38. The SMILES string of the molecule is N[C@H](C(=O)Cc1cncc(F)c1CC[C@H]1CN[C@@H]2CCCS(=O)(=O)N1C2)[C@H](c1cncc(F)c1)c1ccc(Cl)c(F)c1. The fourth-order valence-electron chi connectivity index (χ4n) is 5.89. The molecule has 0 amide bonds. The zero-order valence-electron chi connectivity index (χ0n) is 22.6. The van der Waals surface area contributed by atoms with E-state index in [0.717, 1.165) is 24.9 Å². The zero-order chi connectivity index (χ0) is 30.0. The van der Waals surface area contributed by atoms with Crippen molar-refractivity contribution in [3.8, 4) is 0 Å². The van der Waals surface area contributed by atoms with Gasteiger partial charge in [-0.25, -0.2) is 21.6 Å². The van der Waals surface area contributed by atoms with Gasteiger partial charge in [-0.05, 0) is 66.1 Å². The number of carbonyl (C=O) groups is 1. The maximum atomic E-state index is 15.1. The molecule has 5 atom stereocenters. The number of hydrogen-bond donors (Lipinski definition) is 2. The third-order valence-electron chi connectivity index (χ3n) is 8.07. The molecule has 2 bridgehead atoms. The number of fused-ring (bicyclic) bond motifs is 2. The van der Waals surface area contributed by atoms with Crippen molar-refractivity contribution >= 4 is 27.4 Å². The maximum Gasteiger partial charge on any atom is 0.214 e. The number of piperazine rings is 1. The minimum Gasteiger partial charge on any atom is -0.321 e. The van der Waals surface area contributed by atoms with Crippen molar-refractivity contribution in [3.05, 3.63) is 93.8 Å². The quantitative estimate of drug-likeness (QED) is 0.375. The number of benzene rings is 1. The molecule has 3 aromatic rings. The fourth-order valence-corrected chi connectivity index (χ4v) is 7.82. The number of rotatable bonds is 9. The molecule has 0 saturated carbocycles. The molecular formula is C29H31ClF3N5O3S. The Morgan fingerprint density at radius 2 is 1.88 bits per heavy atom. The van der Waals surface area contributed by atoms with Gasteiger partial charge in [-0.2, -0.15) is 4.31 Å². The van der Waals surface area contributed by atoms with Crippen molar-refractivity contribution in [2.24, 2.45) is 5.73 Å². The molecule has 2 aromatic heterocycles. The molecule has 2 fully saturated rings. The third kappa shape index (κ3) is 6.68. The molecule has 2 aliphatic heterocycles. The minimum atomic E-state index is -3.42.